The molecule has 0 rings (SSSR count). The minimum atomic E-state index is -0.102. The summed E-state index contributed by atoms with van der Waals surface area (Å²) in [6, 6.07) is 0. The Morgan fingerprint density at radius 3 is 2.15 bits per heavy atom. The highest BCUT2D eigenvalue weighted by atomic mass is 32.2. The fourth-order valence-corrected chi connectivity index (χ4v) is 2.64. The normalized spacial score (nSPS) is 10.7. The lowest BCUT2D eigenvalue weighted by Crippen LogP contribution is -2.07. The molecule has 0 atom stereocenters. The predicted molar refractivity (Wildman–Crippen MR) is 87.2 cm³/mol. The highest BCUT2D eigenvalue weighted by Crippen LogP contribution is 2.09. The van der Waals surface area contributed by atoms with Gasteiger partial charge in [-0.3, -0.25) is 4.79 Å². The molecule has 0 amide bonds. The highest BCUT2D eigenvalue weighted by molar-refractivity contribution is 7.99. The first-order valence-corrected chi connectivity index (χ1v) is 9.31. The Morgan fingerprint density at radius 1 is 0.950 bits per heavy atom. The Bertz CT molecular complexity index is 210. The van der Waals surface area contributed by atoms with Crippen molar-refractivity contribution in [2.75, 3.05) is 24.7 Å². The number of rotatable bonds is 15. The molecule has 0 saturated heterocycles. The summed E-state index contributed by atoms with van der Waals surface area (Å²) in [6.07, 6.45) is 12.0. The molecule has 20 heavy (non-hydrogen) atoms. The first-order chi connectivity index (χ1) is 9.81. The fourth-order valence-electron chi connectivity index (χ4n) is 1.99. The second kappa shape index (κ2) is 16.8. The molecule has 0 unspecified atom stereocenters. The minimum absolute atomic E-state index is 0.102. The molecule has 0 heterocycles. The molecule has 0 aromatic rings. The van der Waals surface area contributed by atoms with E-state index < -0.39 is 0 Å². The lowest BCUT2D eigenvalue weighted by Gasteiger charge is -2.05. The van der Waals surface area contributed by atoms with Gasteiger partial charge in [0, 0.05) is 11.5 Å². The summed E-state index contributed by atoms with van der Waals surface area (Å²) in [5.41, 5.74) is 0. The maximum atomic E-state index is 11.3. The van der Waals surface area contributed by atoms with Crippen LogP contribution in [0.4, 0.5) is 0 Å². The molecule has 0 aromatic carbocycles. The largest absolute Gasteiger partial charge is 0.466 e. The zero-order valence-electron chi connectivity index (χ0n) is 13.1. The number of aliphatic hydroxyl groups is 1. The summed E-state index contributed by atoms with van der Waals surface area (Å²) in [6.45, 7) is 2.99. The number of hydrogen-bond acceptors (Lipinski definition) is 4. The quantitative estimate of drug-likeness (QED) is 0.364. The van der Waals surface area contributed by atoms with Gasteiger partial charge in [-0.05, 0) is 6.42 Å². The van der Waals surface area contributed by atoms with Crippen LogP contribution >= 0.6 is 11.8 Å². The average Bonchev–Trinajstić information content (AvgIpc) is 2.45. The van der Waals surface area contributed by atoms with E-state index in [2.05, 4.69) is 6.92 Å². The molecule has 3 nitrogen and oxygen atoms in total. The number of esters is 1. The SMILES string of the molecule is CCCCCCCCCCCOC(=O)CCSCCO. The summed E-state index contributed by atoms with van der Waals surface area (Å²) in [5, 5.41) is 8.60. The van der Waals surface area contributed by atoms with Crippen LogP contribution < -0.4 is 0 Å². The third-order valence-corrected chi connectivity index (χ3v) is 4.16. The van der Waals surface area contributed by atoms with Gasteiger partial charge in [0.05, 0.1) is 19.6 Å². The summed E-state index contributed by atoms with van der Waals surface area (Å²) >= 11 is 1.59. The van der Waals surface area contributed by atoms with Gasteiger partial charge in [0.15, 0.2) is 0 Å². The smallest absolute Gasteiger partial charge is 0.306 e. The van der Waals surface area contributed by atoms with E-state index in [1.165, 1.54) is 51.4 Å². The van der Waals surface area contributed by atoms with Crippen molar-refractivity contribution in [3.05, 3.63) is 0 Å². The summed E-state index contributed by atoms with van der Waals surface area (Å²) in [5.74, 6) is 1.35. The van der Waals surface area contributed by atoms with Crippen LogP contribution in [0.25, 0.3) is 0 Å². The number of hydrogen-bond donors (Lipinski definition) is 1. The van der Waals surface area contributed by atoms with E-state index >= 15 is 0 Å². The van der Waals surface area contributed by atoms with E-state index in [0.29, 0.717) is 18.8 Å². The second-order valence-electron chi connectivity index (χ2n) is 5.13. The predicted octanol–water partition coefficient (Wildman–Crippen LogP) is 4.18. The van der Waals surface area contributed by atoms with Crippen LogP contribution in [0.1, 0.15) is 71.1 Å². The number of carbonyl (C=O) groups is 1. The Labute approximate surface area is 128 Å². The van der Waals surface area contributed by atoms with Crippen molar-refractivity contribution in [2.45, 2.75) is 71.1 Å². The van der Waals surface area contributed by atoms with Gasteiger partial charge in [0.2, 0.25) is 0 Å². The van der Waals surface area contributed by atoms with Gasteiger partial charge < -0.3 is 9.84 Å². The van der Waals surface area contributed by atoms with Crippen LogP contribution in [-0.2, 0) is 9.53 Å². The number of unbranched alkanes of at least 4 members (excludes halogenated alkanes) is 8. The number of carbonyl (C=O) groups excluding carboxylic acids is 1. The zero-order chi connectivity index (χ0) is 14.9. The van der Waals surface area contributed by atoms with E-state index in [1.54, 1.807) is 11.8 Å². The Hall–Kier alpha value is -0.220. The van der Waals surface area contributed by atoms with Gasteiger partial charge in [-0.15, -0.1) is 0 Å². The number of aliphatic hydroxyl groups excluding tert-OH is 1. The standard InChI is InChI=1S/C16H32O3S/c1-2-3-4-5-6-7-8-9-10-13-19-16(18)11-14-20-15-12-17/h17H,2-15H2,1H3. The Balaban J connectivity index is 3.09. The second-order valence-corrected chi connectivity index (χ2v) is 6.36. The van der Waals surface area contributed by atoms with Gasteiger partial charge in [-0.2, -0.15) is 11.8 Å². The van der Waals surface area contributed by atoms with E-state index in [0.717, 1.165) is 12.2 Å². The van der Waals surface area contributed by atoms with Gasteiger partial charge in [-0.25, -0.2) is 0 Å². The Kier molecular flexibility index (Phi) is 16.6. The van der Waals surface area contributed by atoms with Gasteiger partial charge in [0.25, 0.3) is 0 Å². The average molecular weight is 304 g/mol. The van der Waals surface area contributed by atoms with Gasteiger partial charge >= 0.3 is 5.97 Å². The maximum absolute atomic E-state index is 11.3. The summed E-state index contributed by atoms with van der Waals surface area (Å²) in [7, 11) is 0. The molecule has 0 aliphatic carbocycles. The van der Waals surface area contributed by atoms with Gasteiger partial charge in [0.1, 0.15) is 0 Å². The van der Waals surface area contributed by atoms with Crippen molar-refractivity contribution in [3.8, 4) is 0 Å². The third-order valence-electron chi connectivity index (χ3n) is 3.20. The van der Waals surface area contributed by atoms with Crippen LogP contribution in [0.5, 0.6) is 0 Å². The lowest BCUT2D eigenvalue weighted by molar-refractivity contribution is -0.143. The molecule has 0 aliphatic heterocycles. The Morgan fingerprint density at radius 2 is 1.55 bits per heavy atom. The fraction of sp³-hybridized carbons (Fsp3) is 0.938. The molecule has 0 aromatic heterocycles. The molecule has 0 fully saturated rings. The van der Waals surface area contributed by atoms with Crippen LogP contribution in [0, 0.1) is 0 Å². The first-order valence-electron chi connectivity index (χ1n) is 8.15. The third kappa shape index (κ3) is 15.8. The monoisotopic (exact) mass is 304 g/mol. The highest BCUT2D eigenvalue weighted by Gasteiger charge is 2.02. The molecule has 1 N–H and O–H groups in total. The first kappa shape index (κ1) is 19.8. The van der Waals surface area contributed by atoms with E-state index in [9.17, 15) is 4.79 Å². The molecule has 4 heteroatoms. The molecule has 0 spiro atoms. The van der Waals surface area contributed by atoms with E-state index in [-0.39, 0.29) is 12.6 Å². The molecular formula is C16H32O3S. The van der Waals surface area contributed by atoms with Crippen molar-refractivity contribution < 1.29 is 14.6 Å². The van der Waals surface area contributed by atoms with Crippen LogP contribution in [0.3, 0.4) is 0 Å². The topological polar surface area (TPSA) is 46.5 Å². The molecule has 120 valence electrons. The molecule has 0 saturated carbocycles. The van der Waals surface area contributed by atoms with Crippen molar-refractivity contribution in [3.63, 3.8) is 0 Å². The van der Waals surface area contributed by atoms with E-state index in [4.69, 9.17) is 9.84 Å². The number of thioether (sulfide) groups is 1. The van der Waals surface area contributed by atoms with Crippen molar-refractivity contribution >= 4 is 17.7 Å². The van der Waals surface area contributed by atoms with Crippen LogP contribution in [0.2, 0.25) is 0 Å². The molecule has 0 radical (unpaired) electrons. The summed E-state index contributed by atoms with van der Waals surface area (Å²) < 4.78 is 5.17. The zero-order valence-corrected chi connectivity index (χ0v) is 13.9. The lowest BCUT2D eigenvalue weighted by atomic mass is 10.1. The van der Waals surface area contributed by atoms with Crippen molar-refractivity contribution in [1.82, 2.24) is 0 Å². The van der Waals surface area contributed by atoms with E-state index in [1.807, 2.05) is 0 Å². The number of ether oxygens (including phenoxy) is 1. The maximum Gasteiger partial charge on any atom is 0.306 e. The molecular weight excluding hydrogens is 272 g/mol. The van der Waals surface area contributed by atoms with Crippen LogP contribution in [0.15, 0.2) is 0 Å². The van der Waals surface area contributed by atoms with Crippen molar-refractivity contribution in [2.24, 2.45) is 0 Å². The molecule has 0 bridgehead atoms. The van der Waals surface area contributed by atoms with Gasteiger partial charge in [-0.1, -0.05) is 58.3 Å². The minimum Gasteiger partial charge on any atom is -0.466 e. The molecule has 0 aliphatic rings. The van der Waals surface area contributed by atoms with Crippen molar-refractivity contribution in [1.29, 1.82) is 0 Å². The van der Waals surface area contributed by atoms with Crippen LogP contribution in [-0.4, -0.2) is 35.8 Å². The summed E-state index contributed by atoms with van der Waals surface area (Å²) in [4.78, 5) is 11.3.